The molecule has 8 rings (SSSR count). The van der Waals surface area contributed by atoms with Crippen LogP contribution in [0.4, 0.5) is 0 Å². The number of hydrogen-bond acceptors (Lipinski definition) is 3. The topological polar surface area (TPSA) is 38.9 Å². The minimum atomic E-state index is -1.34. The molecule has 0 saturated heterocycles. The maximum atomic E-state index is 6.36. The third kappa shape index (κ3) is 8.04. The van der Waals surface area contributed by atoms with Crippen molar-refractivity contribution in [2.24, 2.45) is 0 Å². The molecule has 0 unspecified atom stereocenters. The maximum absolute atomic E-state index is 6.36. The first-order chi connectivity index (χ1) is 25.1. The van der Waals surface area contributed by atoms with Crippen LogP contribution in [-0.4, -0.2) is 18.0 Å². The standard InChI is InChI=1S/C31H22NO.C17H22NSi.Ir/c1-20-13-15-25(22-9-5-3-6-10-22)31-30(20)26-18-24(14-16-29(26)33-31)28-17-21(2)27(19-32-28)23-11-7-4-8-12-23;1-13(2)15-11-16(14-9-7-6-8-10-14)18-12-17(15)19(3,4)5;/h3-13,15-19H,1-2H3;6-9,11-13H,1-5H3;/q2*-1;. The summed E-state index contributed by atoms with van der Waals surface area (Å²) in [7, 11) is -1.34. The van der Waals surface area contributed by atoms with Crippen molar-refractivity contribution in [3.05, 3.63) is 163 Å². The normalized spacial score (nSPS) is 11.3. The van der Waals surface area contributed by atoms with E-state index in [1.165, 1.54) is 27.4 Å². The number of benzene rings is 5. The molecule has 3 nitrogen and oxygen atoms in total. The van der Waals surface area contributed by atoms with Crippen LogP contribution in [0.2, 0.25) is 19.6 Å². The molecule has 5 heteroatoms. The van der Waals surface area contributed by atoms with Crippen LogP contribution < -0.4 is 5.19 Å². The second kappa shape index (κ2) is 16.0. The van der Waals surface area contributed by atoms with E-state index in [9.17, 15) is 0 Å². The van der Waals surface area contributed by atoms with Crippen molar-refractivity contribution in [2.75, 3.05) is 0 Å². The van der Waals surface area contributed by atoms with E-state index in [0.29, 0.717) is 5.92 Å². The van der Waals surface area contributed by atoms with Crippen molar-refractivity contribution in [1.82, 2.24) is 9.97 Å². The summed E-state index contributed by atoms with van der Waals surface area (Å²) < 4.78 is 6.36. The van der Waals surface area contributed by atoms with Crippen LogP contribution in [0.5, 0.6) is 0 Å². The summed E-state index contributed by atoms with van der Waals surface area (Å²) in [5.74, 6) is 0.534. The van der Waals surface area contributed by atoms with E-state index in [-0.39, 0.29) is 20.1 Å². The van der Waals surface area contributed by atoms with Gasteiger partial charge in [-0.2, -0.15) is 0 Å². The van der Waals surface area contributed by atoms with Crippen molar-refractivity contribution >= 4 is 35.2 Å². The number of fused-ring (bicyclic) bond motifs is 3. The smallest absolute Gasteiger partial charge is 0.129 e. The number of nitrogens with zero attached hydrogens (tertiary/aromatic N) is 2. The van der Waals surface area contributed by atoms with Gasteiger partial charge in [-0.1, -0.05) is 129 Å². The number of aryl methyl sites for hydroxylation is 2. The van der Waals surface area contributed by atoms with Gasteiger partial charge in [0.1, 0.15) is 5.58 Å². The zero-order chi connectivity index (χ0) is 36.4. The third-order valence-electron chi connectivity index (χ3n) is 9.67. The first-order valence-corrected chi connectivity index (χ1v) is 21.5. The van der Waals surface area contributed by atoms with Crippen molar-refractivity contribution in [3.8, 4) is 44.8 Å². The van der Waals surface area contributed by atoms with Crippen LogP contribution in [-0.2, 0) is 20.1 Å². The molecule has 0 spiro atoms. The van der Waals surface area contributed by atoms with E-state index in [1.807, 2.05) is 42.6 Å². The Labute approximate surface area is 328 Å². The van der Waals surface area contributed by atoms with Gasteiger partial charge in [0.05, 0.1) is 13.7 Å². The fraction of sp³-hybridized carbons (Fsp3) is 0.167. The van der Waals surface area contributed by atoms with E-state index in [2.05, 4.69) is 156 Å². The second-order valence-electron chi connectivity index (χ2n) is 14.8. The molecule has 0 amide bonds. The Hall–Kier alpha value is -4.93. The SMILES string of the molecule is CC(C)c1cc(-c2[c-]cccc2)ncc1[Si](C)(C)C.Cc1cc(-c2[c-]cc3oc4c(-c5ccccc5)ccc(C)c4c3c2)ncc1-c1ccccc1.[Ir]. The second-order valence-corrected chi connectivity index (χ2v) is 19.9. The summed E-state index contributed by atoms with van der Waals surface area (Å²) in [6, 6.07) is 48.3. The molecule has 0 bridgehead atoms. The zero-order valence-corrected chi connectivity index (χ0v) is 34.8. The molecule has 1 radical (unpaired) electrons. The summed E-state index contributed by atoms with van der Waals surface area (Å²) in [5.41, 5.74) is 14.2. The molecule has 0 aliphatic carbocycles. The van der Waals surface area contributed by atoms with Crippen LogP contribution in [0.3, 0.4) is 0 Å². The minimum absolute atomic E-state index is 0. The molecule has 8 aromatic rings. The van der Waals surface area contributed by atoms with Crippen molar-refractivity contribution < 1.29 is 24.5 Å². The molecular formula is C48H44IrN2OSi-2. The van der Waals surface area contributed by atoms with E-state index >= 15 is 0 Å². The molecule has 0 fully saturated rings. The van der Waals surface area contributed by atoms with Gasteiger partial charge >= 0.3 is 0 Å². The van der Waals surface area contributed by atoms with Crippen molar-refractivity contribution in [1.29, 1.82) is 0 Å². The molecule has 3 aromatic heterocycles. The minimum Gasteiger partial charge on any atom is -0.500 e. The Balaban J connectivity index is 0.000000206. The number of rotatable bonds is 6. The van der Waals surface area contributed by atoms with E-state index in [0.717, 1.165) is 61.1 Å². The monoisotopic (exact) mass is 885 g/mol. The van der Waals surface area contributed by atoms with Gasteiger partial charge in [-0.3, -0.25) is 0 Å². The van der Waals surface area contributed by atoms with Crippen LogP contribution in [0.1, 0.15) is 36.5 Å². The number of hydrogen-bond donors (Lipinski definition) is 0. The molecule has 0 aliphatic heterocycles. The van der Waals surface area contributed by atoms with Gasteiger partial charge < -0.3 is 14.4 Å². The van der Waals surface area contributed by atoms with Gasteiger partial charge in [-0.15, -0.1) is 59.7 Å². The molecule has 5 aromatic carbocycles. The Bertz CT molecular complexity index is 2480. The fourth-order valence-corrected chi connectivity index (χ4v) is 8.56. The van der Waals surface area contributed by atoms with Gasteiger partial charge in [0.25, 0.3) is 0 Å². The number of aromatic nitrogens is 2. The summed E-state index contributed by atoms with van der Waals surface area (Å²) >= 11 is 0. The summed E-state index contributed by atoms with van der Waals surface area (Å²) in [6.07, 6.45) is 4.06. The Morgan fingerprint density at radius 1 is 0.642 bits per heavy atom. The van der Waals surface area contributed by atoms with E-state index in [1.54, 1.807) is 0 Å². The predicted octanol–water partition coefficient (Wildman–Crippen LogP) is 12.6. The first kappa shape index (κ1) is 37.8. The Kier molecular flexibility index (Phi) is 11.4. The number of furan rings is 1. The third-order valence-corrected chi connectivity index (χ3v) is 11.7. The molecular weight excluding hydrogens is 841 g/mol. The van der Waals surface area contributed by atoms with Crippen LogP contribution >= 0.6 is 0 Å². The van der Waals surface area contributed by atoms with Gasteiger partial charge in [-0.25, -0.2) is 0 Å². The van der Waals surface area contributed by atoms with Crippen molar-refractivity contribution in [2.45, 2.75) is 53.3 Å². The summed E-state index contributed by atoms with van der Waals surface area (Å²) in [5, 5.41) is 3.72. The molecule has 53 heavy (non-hydrogen) atoms. The van der Waals surface area contributed by atoms with Gasteiger partial charge in [-0.05, 0) is 58.6 Å². The van der Waals surface area contributed by atoms with E-state index in [4.69, 9.17) is 9.40 Å². The zero-order valence-electron chi connectivity index (χ0n) is 31.4. The van der Waals surface area contributed by atoms with Crippen LogP contribution in [0, 0.1) is 26.0 Å². The molecule has 0 saturated carbocycles. The first-order valence-electron chi connectivity index (χ1n) is 18.0. The van der Waals surface area contributed by atoms with Gasteiger partial charge in [0.2, 0.25) is 0 Å². The van der Waals surface area contributed by atoms with Crippen LogP contribution in [0.25, 0.3) is 66.7 Å². The Morgan fingerprint density at radius 3 is 1.91 bits per heavy atom. The van der Waals surface area contributed by atoms with Gasteiger partial charge in [0.15, 0.2) is 0 Å². The van der Waals surface area contributed by atoms with Gasteiger partial charge in [0, 0.05) is 49.0 Å². The molecule has 0 N–H and O–H groups in total. The molecule has 3 heterocycles. The summed E-state index contributed by atoms with van der Waals surface area (Å²) in [4.78, 5) is 9.45. The quantitative estimate of drug-likeness (QED) is 0.123. The molecule has 0 aliphatic rings. The average Bonchev–Trinajstić information content (AvgIpc) is 3.55. The van der Waals surface area contributed by atoms with E-state index < -0.39 is 8.07 Å². The fourth-order valence-electron chi connectivity index (χ4n) is 6.88. The number of pyridine rings is 2. The Morgan fingerprint density at radius 2 is 1.28 bits per heavy atom. The summed E-state index contributed by atoms with van der Waals surface area (Å²) in [6.45, 7) is 15.9. The van der Waals surface area contributed by atoms with Crippen LogP contribution in [0.15, 0.2) is 138 Å². The average molecular weight is 885 g/mol. The largest absolute Gasteiger partial charge is 0.500 e. The predicted molar refractivity (Wildman–Crippen MR) is 222 cm³/mol. The van der Waals surface area contributed by atoms with Crippen molar-refractivity contribution in [3.63, 3.8) is 0 Å². The molecule has 267 valence electrons. The maximum Gasteiger partial charge on any atom is 0.129 e. The molecule has 0 atom stereocenters.